The second-order valence-corrected chi connectivity index (χ2v) is 3.80. The van der Waals surface area contributed by atoms with Gasteiger partial charge >= 0.3 is 0 Å². The minimum atomic E-state index is 0.250. The Morgan fingerprint density at radius 1 is 0.882 bits per heavy atom. The van der Waals surface area contributed by atoms with Gasteiger partial charge in [-0.1, -0.05) is 48.5 Å². The van der Waals surface area contributed by atoms with Crippen LogP contribution in [-0.2, 0) is 0 Å². The first-order valence-corrected chi connectivity index (χ1v) is 5.51. The van der Waals surface area contributed by atoms with Crippen molar-refractivity contribution in [3.63, 3.8) is 0 Å². The number of rotatable bonds is 2. The molecule has 3 rings (SSSR count). The summed E-state index contributed by atoms with van der Waals surface area (Å²) in [7, 11) is 0. The zero-order valence-electron chi connectivity index (χ0n) is 10.2. The normalized spacial score (nSPS) is 11.2. The minimum absolute atomic E-state index is 0.250. The van der Waals surface area contributed by atoms with Gasteiger partial charge in [0.05, 0.1) is 12.0 Å². The first kappa shape index (κ1) is 8.76. The molecule has 0 N–H and O–H groups in total. The van der Waals surface area contributed by atoms with Gasteiger partial charge in [0.15, 0.2) is 0 Å². The van der Waals surface area contributed by atoms with Crippen molar-refractivity contribution in [3.05, 3.63) is 73.2 Å². The molecular formula is C15H12N2. The molecular weight excluding hydrogens is 208 g/mol. The molecule has 0 saturated heterocycles. The molecule has 1 heterocycles. The molecule has 0 aliphatic rings. The Kier molecular flexibility index (Phi) is 2.19. The summed E-state index contributed by atoms with van der Waals surface area (Å²) in [5.74, 6) is 0. The van der Waals surface area contributed by atoms with Crippen LogP contribution in [0.1, 0.15) is 1.37 Å². The molecule has 2 aromatic carbocycles. The van der Waals surface area contributed by atoms with Crippen molar-refractivity contribution in [2.45, 2.75) is 0 Å². The van der Waals surface area contributed by atoms with Crippen LogP contribution in [-0.4, -0.2) is 9.55 Å². The lowest BCUT2D eigenvalue weighted by Gasteiger charge is -1.99. The SMILES string of the molecule is [2H]c1nc(-c2ccccc2)cn1-c1ccccc1. The lowest BCUT2D eigenvalue weighted by molar-refractivity contribution is 1.06. The molecule has 0 aliphatic carbocycles. The summed E-state index contributed by atoms with van der Waals surface area (Å²) < 4.78 is 9.71. The predicted octanol–water partition coefficient (Wildman–Crippen LogP) is 3.54. The molecule has 0 fully saturated rings. The summed E-state index contributed by atoms with van der Waals surface area (Å²) in [6.07, 6.45) is 2.15. The van der Waals surface area contributed by atoms with Crippen molar-refractivity contribution in [2.24, 2.45) is 0 Å². The zero-order valence-corrected chi connectivity index (χ0v) is 9.25. The van der Waals surface area contributed by atoms with Gasteiger partial charge in [-0.05, 0) is 12.1 Å². The minimum Gasteiger partial charge on any atom is -0.306 e. The number of aromatic nitrogens is 2. The molecule has 17 heavy (non-hydrogen) atoms. The molecule has 2 nitrogen and oxygen atoms in total. The Bertz CT molecular complexity index is 645. The van der Waals surface area contributed by atoms with Gasteiger partial charge < -0.3 is 4.57 Å². The van der Waals surface area contributed by atoms with E-state index in [9.17, 15) is 0 Å². The third-order valence-electron chi connectivity index (χ3n) is 2.63. The fraction of sp³-hybridized carbons (Fsp3) is 0. The molecule has 0 atom stereocenters. The Hall–Kier alpha value is -2.35. The topological polar surface area (TPSA) is 17.8 Å². The van der Waals surface area contributed by atoms with E-state index in [4.69, 9.17) is 1.37 Å². The molecule has 0 bridgehead atoms. The maximum atomic E-state index is 7.93. The number of para-hydroxylation sites is 1. The van der Waals surface area contributed by atoms with Crippen molar-refractivity contribution < 1.29 is 1.37 Å². The molecule has 2 heteroatoms. The van der Waals surface area contributed by atoms with Gasteiger partial charge in [0.2, 0.25) is 0 Å². The molecule has 0 saturated carbocycles. The van der Waals surface area contributed by atoms with Crippen molar-refractivity contribution >= 4 is 0 Å². The standard InChI is InChI=1S/C15H12N2/c1-3-7-13(8-4-1)15-11-17(12-16-15)14-9-5-2-6-10-14/h1-12H/i12D. The fourth-order valence-corrected chi connectivity index (χ4v) is 1.76. The van der Waals surface area contributed by atoms with Crippen molar-refractivity contribution in [2.75, 3.05) is 0 Å². The monoisotopic (exact) mass is 221 g/mol. The molecule has 82 valence electrons. The Labute approximate surface area is 102 Å². The van der Waals surface area contributed by atoms with Crippen LogP contribution in [0.2, 0.25) is 0 Å². The van der Waals surface area contributed by atoms with Crippen molar-refractivity contribution in [3.8, 4) is 16.9 Å². The van der Waals surface area contributed by atoms with Crippen LogP contribution < -0.4 is 0 Å². The number of imidazole rings is 1. The second-order valence-electron chi connectivity index (χ2n) is 3.80. The number of hydrogen-bond donors (Lipinski definition) is 0. The lowest BCUT2D eigenvalue weighted by atomic mass is 10.2. The second kappa shape index (κ2) is 4.26. The van der Waals surface area contributed by atoms with E-state index in [2.05, 4.69) is 4.98 Å². The van der Waals surface area contributed by atoms with Gasteiger partial charge in [-0.15, -0.1) is 0 Å². The molecule has 0 amide bonds. The highest BCUT2D eigenvalue weighted by atomic mass is 15.0. The molecule has 0 aliphatic heterocycles. The largest absolute Gasteiger partial charge is 0.306 e. The molecule has 3 aromatic rings. The predicted molar refractivity (Wildman–Crippen MR) is 69.0 cm³/mol. The quantitative estimate of drug-likeness (QED) is 0.647. The van der Waals surface area contributed by atoms with Gasteiger partial charge in [-0.2, -0.15) is 0 Å². The third kappa shape index (κ3) is 1.97. The van der Waals surface area contributed by atoms with E-state index in [0.717, 1.165) is 16.9 Å². The van der Waals surface area contributed by atoms with E-state index in [1.807, 2.05) is 66.9 Å². The van der Waals surface area contributed by atoms with Gasteiger partial charge in [-0.25, -0.2) is 4.98 Å². The Morgan fingerprint density at radius 2 is 1.53 bits per heavy atom. The average molecular weight is 221 g/mol. The van der Waals surface area contributed by atoms with Crippen molar-refractivity contribution in [1.29, 1.82) is 0 Å². The fourth-order valence-electron chi connectivity index (χ4n) is 1.76. The molecule has 0 radical (unpaired) electrons. The first-order valence-electron chi connectivity index (χ1n) is 6.01. The van der Waals surface area contributed by atoms with Crippen LogP contribution in [0.4, 0.5) is 0 Å². The maximum absolute atomic E-state index is 7.93. The van der Waals surface area contributed by atoms with Gasteiger partial charge in [0.25, 0.3) is 0 Å². The van der Waals surface area contributed by atoms with Gasteiger partial charge in [0, 0.05) is 17.4 Å². The van der Waals surface area contributed by atoms with Gasteiger partial charge in [-0.3, -0.25) is 0 Å². The Morgan fingerprint density at radius 3 is 2.24 bits per heavy atom. The highest BCUT2D eigenvalue weighted by Crippen LogP contribution is 2.18. The summed E-state index contributed by atoms with van der Waals surface area (Å²) in [5.41, 5.74) is 2.81. The van der Waals surface area contributed by atoms with E-state index in [0.29, 0.717) is 0 Å². The summed E-state index contributed by atoms with van der Waals surface area (Å²) in [6, 6.07) is 19.7. The number of nitrogens with zero attached hydrogens (tertiary/aromatic N) is 2. The number of hydrogen-bond acceptors (Lipinski definition) is 1. The summed E-state index contributed by atoms with van der Waals surface area (Å²) in [5, 5.41) is 0. The number of benzene rings is 2. The lowest BCUT2D eigenvalue weighted by Crippen LogP contribution is -1.87. The van der Waals surface area contributed by atoms with E-state index in [1.54, 1.807) is 4.57 Å². The maximum Gasteiger partial charge on any atom is 0.105 e. The van der Waals surface area contributed by atoms with Crippen LogP contribution >= 0.6 is 0 Å². The van der Waals surface area contributed by atoms with Crippen LogP contribution in [0.3, 0.4) is 0 Å². The third-order valence-corrected chi connectivity index (χ3v) is 2.63. The van der Waals surface area contributed by atoms with Crippen LogP contribution in [0.5, 0.6) is 0 Å². The highest BCUT2D eigenvalue weighted by Gasteiger charge is 2.01. The van der Waals surface area contributed by atoms with E-state index in [1.165, 1.54) is 0 Å². The van der Waals surface area contributed by atoms with E-state index in [-0.39, 0.29) is 6.30 Å². The highest BCUT2D eigenvalue weighted by molar-refractivity contribution is 5.58. The van der Waals surface area contributed by atoms with E-state index >= 15 is 0 Å². The van der Waals surface area contributed by atoms with E-state index < -0.39 is 0 Å². The van der Waals surface area contributed by atoms with Crippen molar-refractivity contribution in [1.82, 2.24) is 9.55 Å². The molecule has 0 unspecified atom stereocenters. The smallest absolute Gasteiger partial charge is 0.105 e. The summed E-state index contributed by atoms with van der Waals surface area (Å²) in [4.78, 5) is 4.29. The Balaban J connectivity index is 2.07. The van der Waals surface area contributed by atoms with Crippen LogP contribution in [0.15, 0.2) is 73.2 Å². The van der Waals surface area contributed by atoms with Crippen LogP contribution in [0, 0.1) is 0 Å². The summed E-state index contributed by atoms with van der Waals surface area (Å²) in [6.45, 7) is 0. The van der Waals surface area contributed by atoms with Crippen LogP contribution in [0.25, 0.3) is 16.9 Å². The first-order chi connectivity index (χ1) is 8.84. The van der Waals surface area contributed by atoms with Gasteiger partial charge in [0.1, 0.15) is 1.37 Å². The zero-order chi connectivity index (χ0) is 12.4. The average Bonchev–Trinajstić information content (AvgIpc) is 2.83. The molecule has 1 aromatic heterocycles. The summed E-state index contributed by atoms with van der Waals surface area (Å²) >= 11 is 0. The molecule has 0 spiro atoms.